The monoisotopic (exact) mass is 316 g/mol. The zero-order valence-corrected chi connectivity index (χ0v) is 14.0. The Balaban J connectivity index is 1.81. The van der Waals surface area contributed by atoms with E-state index in [4.69, 9.17) is 5.73 Å². The Labute approximate surface area is 136 Å². The van der Waals surface area contributed by atoms with Crippen LogP contribution in [-0.2, 0) is 6.54 Å². The van der Waals surface area contributed by atoms with Gasteiger partial charge >= 0.3 is 0 Å². The molecule has 8 nitrogen and oxygen atoms in total. The third-order valence-corrected chi connectivity index (χ3v) is 4.08. The van der Waals surface area contributed by atoms with Crippen LogP contribution in [0.15, 0.2) is 12.4 Å². The van der Waals surface area contributed by atoms with E-state index in [9.17, 15) is 0 Å². The van der Waals surface area contributed by atoms with Crippen LogP contribution in [0, 0.1) is 0 Å². The summed E-state index contributed by atoms with van der Waals surface area (Å²) in [6.07, 6.45) is 4.12. The first kappa shape index (κ1) is 15.5. The molecule has 1 aliphatic heterocycles. The molecule has 2 N–H and O–H groups in total. The number of anilines is 3. The summed E-state index contributed by atoms with van der Waals surface area (Å²) in [5.41, 5.74) is 5.98. The van der Waals surface area contributed by atoms with Crippen LogP contribution in [0.1, 0.15) is 38.6 Å². The Kier molecular flexibility index (Phi) is 4.31. The van der Waals surface area contributed by atoms with Crippen molar-refractivity contribution in [2.24, 2.45) is 0 Å². The predicted octanol–water partition coefficient (Wildman–Crippen LogP) is 1.47. The molecule has 2 aromatic heterocycles. The van der Waals surface area contributed by atoms with Gasteiger partial charge in [0.1, 0.15) is 18.0 Å². The largest absolute Gasteiger partial charge is 0.383 e. The van der Waals surface area contributed by atoms with Crippen LogP contribution in [0.3, 0.4) is 0 Å². The van der Waals surface area contributed by atoms with E-state index in [0.717, 1.165) is 30.7 Å². The SMILES string of the molecule is CC(C)n1cnnc1CN(C)c1cc(N)nc(N2CCCC2)n1. The average Bonchev–Trinajstić information content (AvgIpc) is 3.17. The second kappa shape index (κ2) is 6.39. The molecule has 0 atom stereocenters. The van der Waals surface area contributed by atoms with Crippen LogP contribution in [0.25, 0.3) is 0 Å². The maximum absolute atomic E-state index is 5.98. The quantitative estimate of drug-likeness (QED) is 0.893. The number of nitrogen functional groups attached to an aromatic ring is 1. The van der Waals surface area contributed by atoms with Crippen molar-refractivity contribution in [3.63, 3.8) is 0 Å². The molecule has 0 aromatic carbocycles. The van der Waals surface area contributed by atoms with Crippen molar-refractivity contribution in [2.45, 2.75) is 39.3 Å². The fraction of sp³-hybridized carbons (Fsp3) is 0.600. The molecule has 3 heterocycles. The lowest BCUT2D eigenvalue weighted by molar-refractivity contribution is 0.564. The smallest absolute Gasteiger partial charge is 0.229 e. The van der Waals surface area contributed by atoms with E-state index in [2.05, 4.69) is 43.5 Å². The molecular formula is C15H24N8. The molecule has 23 heavy (non-hydrogen) atoms. The number of nitrogens with two attached hydrogens (primary N) is 1. The lowest BCUT2D eigenvalue weighted by atomic mass is 10.3. The van der Waals surface area contributed by atoms with Crippen LogP contribution >= 0.6 is 0 Å². The topological polar surface area (TPSA) is 89.0 Å². The number of hydrogen-bond donors (Lipinski definition) is 1. The van der Waals surface area contributed by atoms with Gasteiger partial charge < -0.3 is 20.1 Å². The molecular weight excluding hydrogens is 292 g/mol. The molecule has 3 rings (SSSR count). The maximum Gasteiger partial charge on any atom is 0.229 e. The van der Waals surface area contributed by atoms with E-state index in [-0.39, 0.29) is 0 Å². The molecule has 8 heteroatoms. The number of hydrogen-bond acceptors (Lipinski definition) is 7. The van der Waals surface area contributed by atoms with E-state index < -0.39 is 0 Å². The van der Waals surface area contributed by atoms with Gasteiger partial charge in [-0.15, -0.1) is 10.2 Å². The minimum Gasteiger partial charge on any atom is -0.383 e. The Morgan fingerprint density at radius 3 is 2.70 bits per heavy atom. The van der Waals surface area contributed by atoms with E-state index in [1.54, 1.807) is 12.4 Å². The predicted molar refractivity (Wildman–Crippen MR) is 90.4 cm³/mol. The Bertz CT molecular complexity index is 659. The van der Waals surface area contributed by atoms with Gasteiger partial charge in [0.25, 0.3) is 0 Å². The highest BCUT2D eigenvalue weighted by Crippen LogP contribution is 2.22. The highest BCUT2D eigenvalue weighted by molar-refractivity contribution is 5.52. The van der Waals surface area contributed by atoms with Gasteiger partial charge in [0.05, 0.1) is 6.54 Å². The van der Waals surface area contributed by atoms with Gasteiger partial charge in [-0.05, 0) is 26.7 Å². The molecule has 2 aromatic rings. The van der Waals surface area contributed by atoms with Crippen molar-refractivity contribution in [1.82, 2.24) is 24.7 Å². The fourth-order valence-electron chi connectivity index (χ4n) is 2.80. The molecule has 0 spiro atoms. The third kappa shape index (κ3) is 3.35. The van der Waals surface area contributed by atoms with Crippen molar-refractivity contribution in [1.29, 1.82) is 0 Å². The summed E-state index contributed by atoms with van der Waals surface area (Å²) in [6, 6.07) is 2.12. The molecule has 0 radical (unpaired) electrons. The zero-order valence-electron chi connectivity index (χ0n) is 14.0. The second-order valence-electron chi connectivity index (χ2n) is 6.25. The summed E-state index contributed by atoms with van der Waals surface area (Å²) in [5, 5.41) is 8.22. The van der Waals surface area contributed by atoms with E-state index >= 15 is 0 Å². The van der Waals surface area contributed by atoms with Gasteiger partial charge in [-0.25, -0.2) is 0 Å². The van der Waals surface area contributed by atoms with E-state index in [1.807, 2.05) is 11.9 Å². The minimum absolute atomic E-state index is 0.323. The molecule has 0 bridgehead atoms. The lowest BCUT2D eigenvalue weighted by Gasteiger charge is -2.22. The zero-order chi connectivity index (χ0) is 16.4. The van der Waals surface area contributed by atoms with Gasteiger partial charge in [0, 0.05) is 32.2 Å². The van der Waals surface area contributed by atoms with Crippen LogP contribution in [-0.4, -0.2) is 44.9 Å². The van der Waals surface area contributed by atoms with Crippen molar-refractivity contribution in [2.75, 3.05) is 35.7 Å². The highest BCUT2D eigenvalue weighted by Gasteiger charge is 2.18. The second-order valence-corrected chi connectivity index (χ2v) is 6.25. The summed E-state index contributed by atoms with van der Waals surface area (Å²) in [7, 11) is 1.98. The van der Waals surface area contributed by atoms with Gasteiger partial charge in [-0.2, -0.15) is 9.97 Å². The van der Waals surface area contributed by atoms with Crippen LogP contribution in [0.5, 0.6) is 0 Å². The van der Waals surface area contributed by atoms with Gasteiger partial charge in [0.2, 0.25) is 5.95 Å². The summed E-state index contributed by atoms with van der Waals surface area (Å²) < 4.78 is 2.06. The molecule has 0 aliphatic carbocycles. The minimum atomic E-state index is 0.323. The lowest BCUT2D eigenvalue weighted by Crippen LogP contribution is -2.25. The average molecular weight is 316 g/mol. The van der Waals surface area contributed by atoms with Crippen molar-refractivity contribution >= 4 is 17.6 Å². The standard InChI is InChI=1S/C15H24N8/c1-11(2)23-10-17-20-14(23)9-21(3)13-8-12(16)18-15(19-13)22-6-4-5-7-22/h8,10-11H,4-7,9H2,1-3H3,(H2,16,18,19). The maximum atomic E-state index is 5.98. The summed E-state index contributed by atoms with van der Waals surface area (Å²) in [5.74, 6) is 2.92. The Morgan fingerprint density at radius 1 is 1.26 bits per heavy atom. The highest BCUT2D eigenvalue weighted by atomic mass is 15.3. The van der Waals surface area contributed by atoms with Crippen LogP contribution < -0.4 is 15.5 Å². The van der Waals surface area contributed by atoms with E-state index in [1.165, 1.54) is 12.8 Å². The Morgan fingerprint density at radius 2 is 2.00 bits per heavy atom. The van der Waals surface area contributed by atoms with Crippen molar-refractivity contribution < 1.29 is 0 Å². The molecule has 0 unspecified atom stereocenters. The number of rotatable bonds is 5. The van der Waals surface area contributed by atoms with Gasteiger partial charge in [0.15, 0.2) is 5.82 Å². The first-order valence-electron chi connectivity index (χ1n) is 8.03. The summed E-state index contributed by atoms with van der Waals surface area (Å²) in [4.78, 5) is 13.3. The van der Waals surface area contributed by atoms with Crippen LogP contribution in [0.4, 0.5) is 17.6 Å². The number of nitrogens with zero attached hydrogens (tertiary/aromatic N) is 7. The van der Waals surface area contributed by atoms with E-state index in [0.29, 0.717) is 18.4 Å². The third-order valence-electron chi connectivity index (χ3n) is 4.08. The molecule has 0 amide bonds. The summed E-state index contributed by atoms with van der Waals surface area (Å²) >= 11 is 0. The van der Waals surface area contributed by atoms with Gasteiger partial charge in [-0.1, -0.05) is 0 Å². The number of aromatic nitrogens is 5. The molecule has 1 fully saturated rings. The first-order valence-corrected chi connectivity index (χ1v) is 8.03. The van der Waals surface area contributed by atoms with Gasteiger partial charge in [-0.3, -0.25) is 0 Å². The fourth-order valence-corrected chi connectivity index (χ4v) is 2.80. The summed E-state index contributed by atoms with van der Waals surface area (Å²) in [6.45, 7) is 6.83. The Hall–Kier alpha value is -2.38. The molecule has 124 valence electrons. The normalized spacial score (nSPS) is 14.7. The molecule has 0 saturated carbocycles. The first-order chi connectivity index (χ1) is 11.0. The van der Waals surface area contributed by atoms with Crippen molar-refractivity contribution in [3.8, 4) is 0 Å². The molecule has 1 aliphatic rings. The van der Waals surface area contributed by atoms with Crippen molar-refractivity contribution in [3.05, 3.63) is 18.2 Å². The molecule has 1 saturated heterocycles. The van der Waals surface area contributed by atoms with Crippen LogP contribution in [0.2, 0.25) is 0 Å².